The molecule has 1 heterocycles. The fraction of sp³-hybridized carbons (Fsp3) is 0.417. The van der Waals surface area contributed by atoms with Crippen molar-refractivity contribution in [3.63, 3.8) is 0 Å². The molecule has 0 aliphatic heterocycles. The number of thiol groups is 1. The van der Waals surface area contributed by atoms with E-state index in [1.165, 1.54) is 52.4 Å². The molecule has 0 fully saturated rings. The van der Waals surface area contributed by atoms with Crippen molar-refractivity contribution in [2.24, 2.45) is 7.05 Å². The van der Waals surface area contributed by atoms with Gasteiger partial charge in [-0.3, -0.25) is 0 Å². The van der Waals surface area contributed by atoms with Gasteiger partial charge in [-0.15, -0.1) is 0 Å². The first kappa shape index (κ1) is 24.4. The Kier molecular flexibility index (Phi) is 9.79. The van der Waals surface area contributed by atoms with Gasteiger partial charge >= 0.3 is 0 Å². The van der Waals surface area contributed by atoms with Crippen LogP contribution in [0.5, 0.6) is 0 Å². The zero-order valence-corrected chi connectivity index (χ0v) is 20.3. The number of aromatic nitrogens is 1. The van der Waals surface area contributed by atoms with Crippen LogP contribution < -0.4 is 5.32 Å². The second-order valence-corrected chi connectivity index (χ2v) is 10.7. The average molecular weight is 448 g/mol. The summed E-state index contributed by atoms with van der Waals surface area (Å²) in [6.07, 6.45) is 8.36. The van der Waals surface area contributed by atoms with Crippen molar-refractivity contribution in [1.82, 2.24) is 4.57 Å². The molecule has 1 aromatic heterocycles. The molecule has 2 aromatic carbocycles. The highest BCUT2D eigenvalue weighted by Crippen LogP contribution is 2.22. The Bertz CT molecular complexity index is 1010. The maximum Gasteiger partial charge on any atom is 0.178 e. The summed E-state index contributed by atoms with van der Waals surface area (Å²) >= 11 is 1.47. The summed E-state index contributed by atoms with van der Waals surface area (Å²) in [4.78, 5) is 1.84. The van der Waals surface area contributed by atoms with Crippen LogP contribution in [0.1, 0.15) is 39.5 Å². The van der Waals surface area contributed by atoms with Gasteiger partial charge in [0.2, 0.25) is 0 Å². The Hall–Kier alpha value is -1.92. The van der Waals surface area contributed by atoms with Crippen LogP contribution in [0.3, 0.4) is 0 Å². The Morgan fingerprint density at radius 2 is 1.63 bits per heavy atom. The van der Waals surface area contributed by atoms with Gasteiger partial charge in [-0.25, -0.2) is 8.42 Å². The van der Waals surface area contributed by atoms with E-state index in [-0.39, 0.29) is 0 Å². The normalized spacial score (nSPS) is 11.2. The lowest BCUT2D eigenvalue weighted by atomic mass is 10.2. The van der Waals surface area contributed by atoms with Gasteiger partial charge in [-0.2, -0.15) is 0 Å². The summed E-state index contributed by atoms with van der Waals surface area (Å²) in [7, 11) is -0.946. The van der Waals surface area contributed by atoms with Gasteiger partial charge < -0.3 is 9.88 Å². The van der Waals surface area contributed by atoms with Crippen LogP contribution in [-0.4, -0.2) is 31.5 Å². The van der Waals surface area contributed by atoms with E-state index < -0.39 is 9.84 Å². The molecule has 0 bridgehead atoms. The number of hydrogen-bond donors (Lipinski definition) is 1. The van der Waals surface area contributed by atoms with Crippen molar-refractivity contribution in [2.75, 3.05) is 23.9 Å². The van der Waals surface area contributed by atoms with E-state index in [4.69, 9.17) is 0 Å². The molecule has 164 valence electrons. The smallest absolute Gasteiger partial charge is 0.178 e. The third-order valence-corrected chi connectivity index (χ3v) is 7.18. The van der Waals surface area contributed by atoms with E-state index in [0.717, 1.165) is 25.1 Å². The number of aryl methyl sites for hydroxylation is 1. The zero-order chi connectivity index (χ0) is 22.0. The first-order chi connectivity index (χ1) is 14.4. The number of unbranched alkanes of at least 4 members (excludes halogenated alkanes) is 2. The Balaban J connectivity index is 0.000000214. The van der Waals surface area contributed by atoms with Crippen molar-refractivity contribution in [3.05, 3.63) is 54.7 Å². The highest BCUT2D eigenvalue weighted by Gasteiger charge is 2.11. The fourth-order valence-electron chi connectivity index (χ4n) is 3.03. The first-order valence-electron chi connectivity index (χ1n) is 10.6. The largest absolute Gasteiger partial charge is 0.385 e. The molecule has 1 N–H and O–H groups in total. The lowest BCUT2D eigenvalue weighted by Gasteiger charge is -2.05. The molecule has 0 aliphatic rings. The SMILES string of the molecule is CCCCNc1ccc(S(C)(=O)=O)cc1.CCCC[SH+]c1cn(C)c2ccccc12. The summed E-state index contributed by atoms with van der Waals surface area (Å²) in [6.45, 7) is 5.31. The van der Waals surface area contributed by atoms with E-state index in [9.17, 15) is 8.42 Å². The van der Waals surface area contributed by atoms with Gasteiger partial charge in [-0.05, 0) is 49.2 Å². The topological polar surface area (TPSA) is 51.1 Å². The second-order valence-electron chi connectivity index (χ2n) is 7.45. The molecular weight excluding hydrogens is 412 g/mol. The van der Waals surface area contributed by atoms with Gasteiger partial charge in [-0.1, -0.05) is 38.8 Å². The van der Waals surface area contributed by atoms with E-state index in [0.29, 0.717) is 4.90 Å². The van der Waals surface area contributed by atoms with Crippen molar-refractivity contribution in [3.8, 4) is 0 Å². The molecule has 6 heteroatoms. The van der Waals surface area contributed by atoms with Crippen LogP contribution in [0.4, 0.5) is 5.69 Å². The third-order valence-electron chi connectivity index (χ3n) is 4.81. The van der Waals surface area contributed by atoms with E-state index in [1.54, 1.807) is 24.3 Å². The molecule has 4 nitrogen and oxygen atoms in total. The van der Waals surface area contributed by atoms with Crippen molar-refractivity contribution in [1.29, 1.82) is 0 Å². The fourth-order valence-corrected chi connectivity index (χ4v) is 4.99. The van der Waals surface area contributed by atoms with E-state index in [2.05, 4.69) is 61.2 Å². The minimum Gasteiger partial charge on any atom is -0.385 e. The van der Waals surface area contributed by atoms with Gasteiger partial charge in [0.15, 0.2) is 14.7 Å². The molecule has 30 heavy (non-hydrogen) atoms. The zero-order valence-electron chi connectivity index (χ0n) is 18.6. The number of sulfone groups is 1. The minimum absolute atomic E-state index is 0.364. The molecule has 0 spiro atoms. The monoisotopic (exact) mass is 447 g/mol. The van der Waals surface area contributed by atoms with E-state index >= 15 is 0 Å². The number of fused-ring (bicyclic) bond motifs is 1. The van der Waals surface area contributed by atoms with Crippen molar-refractivity contribution >= 4 is 38.2 Å². The van der Waals surface area contributed by atoms with Crippen LogP contribution in [-0.2, 0) is 28.6 Å². The quantitative estimate of drug-likeness (QED) is 0.269. The molecular formula is C24H35N2O2S2+. The highest BCUT2D eigenvalue weighted by atomic mass is 32.2. The average Bonchev–Trinajstić information content (AvgIpc) is 3.05. The molecule has 0 unspecified atom stereocenters. The number of para-hydroxylation sites is 1. The lowest BCUT2D eigenvalue weighted by Crippen LogP contribution is -2.01. The summed E-state index contributed by atoms with van der Waals surface area (Å²) < 4.78 is 24.6. The first-order valence-corrected chi connectivity index (χ1v) is 13.6. The maximum atomic E-state index is 11.2. The predicted molar refractivity (Wildman–Crippen MR) is 133 cm³/mol. The lowest BCUT2D eigenvalue weighted by molar-refractivity contribution is 0.602. The van der Waals surface area contributed by atoms with Crippen molar-refractivity contribution in [2.45, 2.75) is 49.3 Å². The molecule has 0 amide bonds. The summed E-state index contributed by atoms with van der Waals surface area (Å²) in [5.74, 6) is 1.28. The standard InChI is InChI=1S/C13H17NS.C11H17NO2S/c1-3-4-9-15-13-10-14(2)12-8-6-5-7-11(12)13;1-3-4-9-12-10-5-7-11(8-6-10)15(2,13)14/h5-8,10H,3-4,9H2,1-2H3;5-8,12H,3-4,9H2,1-2H3/p+1. The van der Waals surface area contributed by atoms with Gasteiger partial charge in [0, 0.05) is 37.3 Å². The molecule has 0 aliphatic carbocycles. The van der Waals surface area contributed by atoms with Crippen LogP contribution in [0, 0.1) is 0 Å². The van der Waals surface area contributed by atoms with Crippen LogP contribution in [0.2, 0.25) is 0 Å². The molecule has 3 aromatic rings. The molecule has 3 rings (SSSR count). The number of rotatable bonds is 9. The number of anilines is 1. The third kappa shape index (κ3) is 7.40. The second kappa shape index (κ2) is 12.1. The van der Waals surface area contributed by atoms with Gasteiger partial charge in [0.05, 0.1) is 22.0 Å². The Morgan fingerprint density at radius 3 is 2.27 bits per heavy atom. The molecule has 0 saturated heterocycles. The van der Waals surface area contributed by atoms with Gasteiger partial charge in [0.25, 0.3) is 0 Å². The summed E-state index contributed by atoms with van der Waals surface area (Å²) in [6, 6.07) is 15.5. The number of nitrogens with one attached hydrogen (secondary N) is 1. The Labute approximate surface area is 186 Å². The van der Waals surface area contributed by atoms with Gasteiger partial charge in [0.1, 0.15) is 5.75 Å². The summed E-state index contributed by atoms with van der Waals surface area (Å²) in [5, 5.41) is 4.64. The summed E-state index contributed by atoms with van der Waals surface area (Å²) in [5.41, 5.74) is 2.31. The van der Waals surface area contributed by atoms with Crippen molar-refractivity contribution < 1.29 is 8.42 Å². The maximum absolute atomic E-state index is 11.2. The van der Waals surface area contributed by atoms with Crippen LogP contribution in [0.25, 0.3) is 10.9 Å². The van der Waals surface area contributed by atoms with Crippen LogP contribution >= 0.6 is 0 Å². The molecule has 0 saturated carbocycles. The minimum atomic E-state index is -3.07. The molecule has 0 radical (unpaired) electrons. The van der Waals surface area contributed by atoms with Crippen LogP contribution in [0.15, 0.2) is 64.5 Å². The predicted octanol–water partition coefficient (Wildman–Crippen LogP) is 5.45. The molecule has 0 atom stereocenters. The Morgan fingerprint density at radius 1 is 0.967 bits per heavy atom. The highest BCUT2D eigenvalue weighted by molar-refractivity contribution is 7.90. The number of benzene rings is 2. The van der Waals surface area contributed by atoms with E-state index in [1.807, 2.05) is 0 Å². The number of hydrogen-bond acceptors (Lipinski definition) is 3. The number of nitrogens with zero attached hydrogens (tertiary/aromatic N) is 1.